The summed E-state index contributed by atoms with van der Waals surface area (Å²) in [6.45, 7) is 3.33. The van der Waals surface area contributed by atoms with Crippen LogP contribution in [0.4, 0.5) is 0 Å². The van der Waals surface area contributed by atoms with Gasteiger partial charge in [0, 0.05) is 56.4 Å². The van der Waals surface area contributed by atoms with Gasteiger partial charge in [-0.15, -0.1) is 37.2 Å². The second kappa shape index (κ2) is 15.4. The molecule has 0 radical (unpaired) electrons. The third kappa shape index (κ3) is 8.82. The van der Waals surface area contributed by atoms with E-state index in [1.165, 1.54) is 11.1 Å². The summed E-state index contributed by atoms with van der Waals surface area (Å²) >= 11 is 0. The van der Waals surface area contributed by atoms with Crippen LogP contribution < -0.4 is 10.3 Å². The van der Waals surface area contributed by atoms with Crippen LogP contribution in [-0.2, 0) is 20.1 Å². The molecular weight excluding hydrogens is 507 g/mol. The molecular formula is C26H31Cl3N4O2. The van der Waals surface area contributed by atoms with Crippen molar-refractivity contribution in [1.29, 1.82) is 0 Å². The topological polar surface area (TPSA) is 60.2 Å². The Morgan fingerprint density at radius 1 is 0.857 bits per heavy atom. The molecule has 0 spiro atoms. The first-order valence-corrected chi connectivity index (χ1v) is 10.9. The Bertz CT molecular complexity index is 1170. The van der Waals surface area contributed by atoms with Crippen molar-refractivity contribution in [3.63, 3.8) is 0 Å². The number of nitrogens with zero attached hydrogens (tertiary/aromatic N) is 4. The summed E-state index contributed by atoms with van der Waals surface area (Å²) in [5.74, 6) is 0.832. The average Bonchev–Trinajstić information content (AvgIpc) is 2.82. The van der Waals surface area contributed by atoms with Gasteiger partial charge in [0.2, 0.25) is 0 Å². The Labute approximate surface area is 224 Å². The molecule has 0 aliphatic heterocycles. The number of halogens is 3. The molecule has 9 heteroatoms. The van der Waals surface area contributed by atoms with Crippen LogP contribution in [0, 0.1) is 0 Å². The van der Waals surface area contributed by atoms with E-state index >= 15 is 0 Å². The fourth-order valence-electron chi connectivity index (χ4n) is 3.79. The van der Waals surface area contributed by atoms with Crippen LogP contribution in [-0.4, -0.2) is 32.6 Å². The molecule has 0 unspecified atom stereocenters. The summed E-state index contributed by atoms with van der Waals surface area (Å²) in [6.07, 6.45) is 9.45. The quantitative estimate of drug-likeness (QED) is 0.252. The maximum absolute atomic E-state index is 11.8. The first-order chi connectivity index (χ1) is 15.7. The fraction of sp³-hybridized carbons (Fsp3) is 0.269. The van der Waals surface area contributed by atoms with Crippen LogP contribution in [0.1, 0.15) is 24.0 Å². The third-order valence-electron chi connectivity index (χ3n) is 5.49. The molecule has 1 aromatic carbocycles. The van der Waals surface area contributed by atoms with Crippen molar-refractivity contribution in [2.45, 2.75) is 25.9 Å². The SMILES string of the molecule is Cl.Cl.Cl.Cn1c(=O)ccc2cc(OCCCCN(Cc3cccnc3)Cc3cccnc3)ccc21. The number of hydrogen-bond donors (Lipinski definition) is 0. The highest BCUT2D eigenvalue weighted by Crippen LogP contribution is 2.19. The van der Waals surface area contributed by atoms with Crippen LogP contribution in [0.15, 0.2) is 84.2 Å². The third-order valence-corrected chi connectivity index (χ3v) is 5.49. The zero-order chi connectivity index (χ0) is 22.2. The Morgan fingerprint density at radius 2 is 1.51 bits per heavy atom. The second-order valence-electron chi connectivity index (χ2n) is 7.94. The molecule has 0 amide bonds. The lowest BCUT2D eigenvalue weighted by Crippen LogP contribution is -2.24. The normalized spacial score (nSPS) is 10.2. The Hall–Kier alpha value is -2.64. The summed E-state index contributed by atoms with van der Waals surface area (Å²) in [6, 6.07) is 17.5. The van der Waals surface area contributed by atoms with Gasteiger partial charge in [-0.1, -0.05) is 12.1 Å². The number of hydrogen-bond acceptors (Lipinski definition) is 5. The lowest BCUT2D eigenvalue weighted by molar-refractivity contribution is 0.236. The van der Waals surface area contributed by atoms with Gasteiger partial charge in [-0.3, -0.25) is 19.7 Å². The van der Waals surface area contributed by atoms with Crippen LogP contribution in [0.5, 0.6) is 5.75 Å². The number of pyridine rings is 3. The van der Waals surface area contributed by atoms with Crippen molar-refractivity contribution in [2.24, 2.45) is 7.05 Å². The minimum absolute atomic E-state index is 0. The van der Waals surface area contributed by atoms with E-state index in [0.717, 1.165) is 49.1 Å². The number of unbranched alkanes of at least 4 members (excludes halogenated alkanes) is 1. The molecule has 0 aliphatic carbocycles. The van der Waals surface area contributed by atoms with Crippen LogP contribution in [0.25, 0.3) is 10.9 Å². The van der Waals surface area contributed by atoms with Crippen LogP contribution >= 0.6 is 37.2 Å². The molecule has 3 heterocycles. The van der Waals surface area contributed by atoms with Gasteiger partial charge in [-0.2, -0.15) is 0 Å². The first kappa shape index (κ1) is 30.4. The molecule has 0 aliphatic rings. The number of rotatable bonds is 10. The molecule has 0 bridgehead atoms. The van der Waals surface area contributed by atoms with Gasteiger partial charge in [0.25, 0.3) is 5.56 Å². The van der Waals surface area contributed by atoms with Crippen LogP contribution in [0.3, 0.4) is 0 Å². The number of aromatic nitrogens is 3. The summed E-state index contributed by atoms with van der Waals surface area (Å²) in [5, 5.41) is 1.00. The van der Waals surface area contributed by atoms with E-state index in [1.807, 2.05) is 48.8 Å². The van der Waals surface area contributed by atoms with Gasteiger partial charge in [-0.25, -0.2) is 0 Å². The zero-order valence-corrected chi connectivity index (χ0v) is 22.0. The molecule has 6 nitrogen and oxygen atoms in total. The average molecular weight is 538 g/mol. The monoisotopic (exact) mass is 536 g/mol. The number of aryl methyl sites for hydroxylation is 1. The maximum atomic E-state index is 11.8. The second-order valence-corrected chi connectivity index (χ2v) is 7.94. The summed E-state index contributed by atoms with van der Waals surface area (Å²) in [7, 11) is 1.79. The Balaban J connectivity index is 0.00000204. The van der Waals surface area contributed by atoms with Gasteiger partial charge in [0.1, 0.15) is 5.75 Å². The van der Waals surface area contributed by atoms with Crippen molar-refractivity contribution >= 4 is 48.1 Å². The van der Waals surface area contributed by atoms with Crippen molar-refractivity contribution in [3.8, 4) is 5.75 Å². The zero-order valence-electron chi connectivity index (χ0n) is 19.6. The van der Waals surface area contributed by atoms with E-state index in [4.69, 9.17) is 4.74 Å². The van der Waals surface area contributed by atoms with E-state index in [2.05, 4.69) is 27.0 Å². The maximum Gasteiger partial charge on any atom is 0.250 e. The number of ether oxygens (including phenoxy) is 1. The van der Waals surface area contributed by atoms with Gasteiger partial charge in [0.15, 0.2) is 0 Å². The van der Waals surface area contributed by atoms with Crippen molar-refractivity contribution in [3.05, 3.63) is 101 Å². The van der Waals surface area contributed by atoms with Crippen molar-refractivity contribution < 1.29 is 4.74 Å². The molecule has 188 valence electrons. The first-order valence-electron chi connectivity index (χ1n) is 10.9. The minimum atomic E-state index is -0.00621. The predicted molar refractivity (Wildman–Crippen MR) is 148 cm³/mol. The Kier molecular flexibility index (Phi) is 13.3. The molecule has 3 aromatic heterocycles. The van der Waals surface area contributed by atoms with E-state index in [0.29, 0.717) is 6.61 Å². The van der Waals surface area contributed by atoms with Gasteiger partial charge in [0.05, 0.1) is 12.1 Å². The molecule has 0 atom stereocenters. The Morgan fingerprint density at radius 3 is 2.11 bits per heavy atom. The molecule has 35 heavy (non-hydrogen) atoms. The molecule has 0 saturated heterocycles. The van der Waals surface area contributed by atoms with Gasteiger partial charge < -0.3 is 9.30 Å². The van der Waals surface area contributed by atoms with Gasteiger partial charge in [-0.05, 0) is 66.9 Å². The molecule has 0 saturated carbocycles. The molecule has 4 rings (SSSR count). The summed E-state index contributed by atoms with van der Waals surface area (Å²) in [4.78, 5) is 22.7. The smallest absolute Gasteiger partial charge is 0.250 e. The van der Waals surface area contributed by atoms with Gasteiger partial charge >= 0.3 is 0 Å². The minimum Gasteiger partial charge on any atom is -0.494 e. The standard InChI is InChI=1S/C26H28N4O2.3ClH/c1-29-25-10-9-24(16-23(25)8-11-26(29)31)32-15-3-2-14-30(19-21-6-4-12-27-17-21)20-22-7-5-13-28-18-22;;;/h4-13,16-18H,2-3,14-15,19-20H2,1H3;3*1H. The van der Waals surface area contributed by atoms with E-state index < -0.39 is 0 Å². The molecule has 0 fully saturated rings. The lowest BCUT2D eigenvalue weighted by atomic mass is 10.2. The van der Waals surface area contributed by atoms with E-state index in [9.17, 15) is 4.79 Å². The summed E-state index contributed by atoms with van der Waals surface area (Å²) in [5.41, 5.74) is 3.32. The highest BCUT2D eigenvalue weighted by Gasteiger charge is 2.08. The van der Waals surface area contributed by atoms with Crippen LogP contribution in [0.2, 0.25) is 0 Å². The molecule has 0 N–H and O–H groups in total. The van der Waals surface area contributed by atoms with E-state index in [1.54, 1.807) is 30.1 Å². The van der Waals surface area contributed by atoms with Crippen molar-refractivity contribution in [2.75, 3.05) is 13.2 Å². The number of benzene rings is 1. The number of fused-ring (bicyclic) bond motifs is 1. The highest BCUT2D eigenvalue weighted by molar-refractivity contribution is 5.86. The van der Waals surface area contributed by atoms with E-state index in [-0.39, 0.29) is 42.8 Å². The fourth-order valence-corrected chi connectivity index (χ4v) is 3.79. The summed E-state index contributed by atoms with van der Waals surface area (Å²) < 4.78 is 7.63. The lowest BCUT2D eigenvalue weighted by Gasteiger charge is -2.22. The largest absolute Gasteiger partial charge is 0.494 e. The predicted octanol–water partition coefficient (Wildman–Crippen LogP) is 5.46. The molecule has 4 aromatic rings. The highest BCUT2D eigenvalue weighted by atomic mass is 35.5. The van der Waals surface area contributed by atoms with Crippen molar-refractivity contribution in [1.82, 2.24) is 19.4 Å².